The predicted molar refractivity (Wildman–Crippen MR) is 87.4 cm³/mol. The highest BCUT2D eigenvalue weighted by molar-refractivity contribution is 6.36. The smallest absolute Gasteiger partial charge is 0.260 e. The number of nitrogens with one attached hydrogen (secondary N) is 1. The molecule has 0 saturated heterocycles. The molecule has 2 heterocycles. The minimum Gasteiger partial charge on any atom is -0.487 e. The molecule has 0 fully saturated rings. The fourth-order valence-electron chi connectivity index (χ4n) is 2.96. The van der Waals surface area contributed by atoms with Crippen LogP contribution in [0.1, 0.15) is 16.7 Å². The first-order valence-corrected chi connectivity index (χ1v) is 7.23. The number of anilines is 2. The topological polar surface area (TPSA) is 41.6 Å². The summed E-state index contributed by atoms with van der Waals surface area (Å²) >= 11 is 0. The molecule has 2 aromatic rings. The molecule has 1 amide bonds. The van der Waals surface area contributed by atoms with E-state index >= 15 is 0 Å². The Balaban J connectivity index is 1.93. The third-order valence-electron chi connectivity index (χ3n) is 4.13. The van der Waals surface area contributed by atoms with E-state index in [2.05, 4.69) is 23.5 Å². The highest BCUT2D eigenvalue weighted by Gasteiger charge is 2.32. The van der Waals surface area contributed by atoms with Crippen molar-refractivity contribution in [3.8, 4) is 0 Å². The Bertz CT molecular complexity index is 822. The van der Waals surface area contributed by atoms with E-state index in [1.54, 1.807) is 0 Å². The zero-order chi connectivity index (χ0) is 15.3. The number of ether oxygens (including phenoxy) is 1. The molecular formula is C18H16N2O2. The summed E-state index contributed by atoms with van der Waals surface area (Å²) in [6.07, 6.45) is 0. The van der Waals surface area contributed by atoms with Gasteiger partial charge in [0.15, 0.2) is 0 Å². The summed E-state index contributed by atoms with van der Waals surface area (Å²) in [6, 6.07) is 13.9. The number of hydrogen-bond donors (Lipinski definition) is 1. The van der Waals surface area contributed by atoms with Gasteiger partial charge in [-0.1, -0.05) is 24.3 Å². The van der Waals surface area contributed by atoms with Crippen molar-refractivity contribution in [1.29, 1.82) is 0 Å². The molecule has 2 aliphatic heterocycles. The number of carbonyl (C=O) groups excluding carboxylic acids is 1. The standard InChI is InChI=1S/C18H16N2O2/c1-20(2)12-8-7-11-10-22-17(14(11)9-12)16-13-5-3-4-6-15(13)19-18(16)21/h3-9H,10H2,1-2H3,(H,19,21)/b17-16+. The van der Waals surface area contributed by atoms with E-state index in [0.717, 1.165) is 28.1 Å². The van der Waals surface area contributed by atoms with Gasteiger partial charge in [-0.3, -0.25) is 4.79 Å². The zero-order valence-electron chi connectivity index (χ0n) is 12.5. The van der Waals surface area contributed by atoms with Crippen molar-refractivity contribution in [3.63, 3.8) is 0 Å². The summed E-state index contributed by atoms with van der Waals surface area (Å²) in [5.74, 6) is 0.584. The summed E-state index contributed by atoms with van der Waals surface area (Å²) in [6.45, 7) is 0.511. The van der Waals surface area contributed by atoms with Gasteiger partial charge in [-0.05, 0) is 18.2 Å². The van der Waals surface area contributed by atoms with Gasteiger partial charge < -0.3 is 15.0 Å². The Kier molecular flexibility index (Phi) is 2.73. The van der Waals surface area contributed by atoms with Crippen LogP contribution in [0.15, 0.2) is 42.5 Å². The largest absolute Gasteiger partial charge is 0.487 e. The third-order valence-corrected chi connectivity index (χ3v) is 4.13. The van der Waals surface area contributed by atoms with Crippen molar-refractivity contribution < 1.29 is 9.53 Å². The number of carbonyl (C=O) groups is 1. The molecule has 2 aliphatic rings. The lowest BCUT2D eigenvalue weighted by Crippen LogP contribution is -2.09. The molecule has 0 saturated carbocycles. The normalized spacial score (nSPS) is 18.5. The van der Waals surface area contributed by atoms with Crippen LogP contribution in [0.2, 0.25) is 0 Å². The third kappa shape index (κ3) is 1.80. The number of para-hydroxylation sites is 1. The molecule has 0 atom stereocenters. The van der Waals surface area contributed by atoms with Gasteiger partial charge in [-0.25, -0.2) is 0 Å². The first kappa shape index (κ1) is 13.0. The van der Waals surface area contributed by atoms with Crippen LogP contribution in [0.5, 0.6) is 0 Å². The monoisotopic (exact) mass is 292 g/mol. The number of benzene rings is 2. The van der Waals surface area contributed by atoms with E-state index in [-0.39, 0.29) is 5.91 Å². The number of fused-ring (bicyclic) bond motifs is 2. The fourth-order valence-corrected chi connectivity index (χ4v) is 2.96. The van der Waals surface area contributed by atoms with Crippen molar-refractivity contribution in [2.45, 2.75) is 6.61 Å². The Morgan fingerprint density at radius 2 is 1.91 bits per heavy atom. The summed E-state index contributed by atoms with van der Waals surface area (Å²) in [5.41, 5.74) is 5.60. The minimum absolute atomic E-state index is 0.0979. The molecule has 110 valence electrons. The van der Waals surface area contributed by atoms with Gasteiger partial charge in [0, 0.05) is 42.2 Å². The second kappa shape index (κ2) is 4.63. The van der Waals surface area contributed by atoms with Crippen molar-refractivity contribution in [2.75, 3.05) is 24.3 Å². The molecule has 22 heavy (non-hydrogen) atoms. The fraction of sp³-hybridized carbons (Fsp3) is 0.167. The second-order valence-electron chi connectivity index (χ2n) is 5.73. The number of nitrogens with zero attached hydrogens (tertiary/aromatic N) is 1. The molecule has 1 N–H and O–H groups in total. The van der Waals surface area contributed by atoms with Gasteiger partial charge in [0.05, 0.1) is 5.57 Å². The summed E-state index contributed by atoms with van der Waals surface area (Å²) < 4.78 is 5.87. The minimum atomic E-state index is -0.0979. The molecular weight excluding hydrogens is 276 g/mol. The van der Waals surface area contributed by atoms with Gasteiger partial charge in [0.1, 0.15) is 12.4 Å². The van der Waals surface area contributed by atoms with E-state index < -0.39 is 0 Å². The van der Waals surface area contributed by atoms with Crippen molar-refractivity contribution >= 4 is 28.6 Å². The van der Waals surface area contributed by atoms with Crippen LogP contribution >= 0.6 is 0 Å². The summed E-state index contributed by atoms with van der Waals surface area (Å²) in [5, 5.41) is 2.91. The Labute approximate surface area is 129 Å². The highest BCUT2D eigenvalue weighted by atomic mass is 16.5. The van der Waals surface area contributed by atoms with Crippen molar-refractivity contribution in [3.05, 3.63) is 59.2 Å². The average Bonchev–Trinajstić information content (AvgIpc) is 3.06. The molecule has 4 nitrogen and oxygen atoms in total. The van der Waals surface area contributed by atoms with Crippen LogP contribution in [-0.4, -0.2) is 20.0 Å². The van der Waals surface area contributed by atoms with Crippen LogP contribution in [0.25, 0.3) is 11.3 Å². The molecule has 2 aromatic carbocycles. The average molecular weight is 292 g/mol. The molecule has 0 radical (unpaired) electrons. The molecule has 4 rings (SSSR count). The van der Waals surface area contributed by atoms with Gasteiger partial charge in [0.25, 0.3) is 5.91 Å². The van der Waals surface area contributed by atoms with Gasteiger partial charge in [0.2, 0.25) is 0 Å². The van der Waals surface area contributed by atoms with E-state index in [0.29, 0.717) is 17.9 Å². The van der Waals surface area contributed by atoms with E-state index in [4.69, 9.17) is 4.74 Å². The van der Waals surface area contributed by atoms with Crippen LogP contribution in [0, 0.1) is 0 Å². The lowest BCUT2D eigenvalue weighted by Gasteiger charge is -2.13. The van der Waals surface area contributed by atoms with E-state index in [1.165, 1.54) is 0 Å². The van der Waals surface area contributed by atoms with Gasteiger partial charge in [-0.2, -0.15) is 0 Å². The molecule has 0 aliphatic carbocycles. The van der Waals surface area contributed by atoms with Crippen LogP contribution < -0.4 is 10.2 Å². The molecule has 0 spiro atoms. The highest BCUT2D eigenvalue weighted by Crippen LogP contribution is 2.42. The van der Waals surface area contributed by atoms with E-state index in [1.807, 2.05) is 43.3 Å². The predicted octanol–water partition coefficient (Wildman–Crippen LogP) is 3.10. The number of amides is 1. The maximum absolute atomic E-state index is 12.4. The molecule has 0 bridgehead atoms. The first-order valence-electron chi connectivity index (χ1n) is 7.23. The number of rotatable bonds is 1. The maximum Gasteiger partial charge on any atom is 0.260 e. The number of hydrogen-bond acceptors (Lipinski definition) is 3. The second-order valence-corrected chi connectivity index (χ2v) is 5.73. The van der Waals surface area contributed by atoms with Crippen LogP contribution in [-0.2, 0) is 16.1 Å². The quantitative estimate of drug-likeness (QED) is 0.821. The zero-order valence-corrected chi connectivity index (χ0v) is 12.5. The van der Waals surface area contributed by atoms with Crippen molar-refractivity contribution in [1.82, 2.24) is 0 Å². The lowest BCUT2D eigenvalue weighted by atomic mass is 10.00. The first-order chi connectivity index (χ1) is 10.6. The Hall–Kier alpha value is -2.75. The molecule has 0 unspecified atom stereocenters. The van der Waals surface area contributed by atoms with Crippen LogP contribution in [0.4, 0.5) is 11.4 Å². The summed E-state index contributed by atoms with van der Waals surface area (Å²) in [4.78, 5) is 14.4. The summed E-state index contributed by atoms with van der Waals surface area (Å²) in [7, 11) is 4.00. The lowest BCUT2D eigenvalue weighted by molar-refractivity contribution is -0.110. The van der Waals surface area contributed by atoms with E-state index in [9.17, 15) is 4.79 Å². The Morgan fingerprint density at radius 1 is 1.09 bits per heavy atom. The Morgan fingerprint density at radius 3 is 2.73 bits per heavy atom. The maximum atomic E-state index is 12.4. The molecule has 0 aromatic heterocycles. The SMILES string of the molecule is CN(C)c1ccc2c(c1)/C(=C1\C(=O)Nc3ccccc31)OC2. The molecule has 4 heteroatoms. The van der Waals surface area contributed by atoms with Crippen molar-refractivity contribution in [2.24, 2.45) is 0 Å². The van der Waals surface area contributed by atoms with Gasteiger partial charge in [-0.15, -0.1) is 0 Å². The van der Waals surface area contributed by atoms with Gasteiger partial charge >= 0.3 is 0 Å². The van der Waals surface area contributed by atoms with Crippen LogP contribution in [0.3, 0.4) is 0 Å².